The van der Waals surface area contributed by atoms with Crippen LogP contribution in [0.2, 0.25) is 0 Å². The van der Waals surface area contributed by atoms with Crippen LogP contribution >= 0.6 is 0 Å². The highest BCUT2D eigenvalue weighted by atomic mass is 16.5. The van der Waals surface area contributed by atoms with Crippen molar-refractivity contribution in [3.05, 3.63) is 40.8 Å². The van der Waals surface area contributed by atoms with Gasteiger partial charge in [-0.15, -0.1) is 0 Å². The van der Waals surface area contributed by atoms with E-state index in [9.17, 15) is 9.59 Å². The first-order valence-corrected chi connectivity index (χ1v) is 8.87. The van der Waals surface area contributed by atoms with Gasteiger partial charge in [-0.05, 0) is 30.7 Å². The monoisotopic (exact) mass is 380 g/mol. The van der Waals surface area contributed by atoms with Crippen LogP contribution < -0.4 is 21.5 Å². The van der Waals surface area contributed by atoms with Gasteiger partial charge in [0.25, 0.3) is 0 Å². The lowest BCUT2D eigenvalue weighted by Gasteiger charge is -2.09. The number of aromatic amines is 2. The predicted molar refractivity (Wildman–Crippen MR) is 108 cm³/mol. The third-order valence-electron chi connectivity index (χ3n) is 4.55. The molecule has 5 N–H and O–H groups in total. The van der Waals surface area contributed by atoms with Crippen LogP contribution in [0.5, 0.6) is 5.75 Å². The number of nitrogens with two attached hydrogens (primary N) is 1. The van der Waals surface area contributed by atoms with Crippen LogP contribution in [0.1, 0.15) is 13.3 Å². The van der Waals surface area contributed by atoms with E-state index < -0.39 is 6.03 Å². The van der Waals surface area contributed by atoms with Crippen LogP contribution in [0.15, 0.2) is 35.1 Å². The first-order chi connectivity index (χ1) is 13.5. The number of nitrogens with zero attached hydrogens (tertiary/aromatic N) is 2. The van der Waals surface area contributed by atoms with Crippen molar-refractivity contribution in [2.75, 3.05) is 12.4 Å². The number of urea groups is 1. The Labute approximate surface area is 159 Å². The van der Waals surface area contributed by atoms with E-state index in [0.717, 1.165) is 34.1 Å². The van der Waals surface area contributed by atoms with Crippen molar-refractivity contribution in [1.29, 1.82) is 0 Å². The summed E-state index contributed by atoms with van der Waals surface area (Å²) in [5.74, 6) is 1.16. The summed E-state index contributed by atoms with van der Waals surface area (Å²) in [5, 5.41) is 2.52. The lowest BCUT2D eigenvalue weighted by atomic mass is 10.1. The molecule has 4 rings (SSSR count). The van der Waals surface area contributed by atoms with Crippen LogP contribution in [0.4, 0.5) is 10.5 Å². The second kappa shape index (κ2) is 6.76. The minimum absolute atomic E-state index is 0.121. The maximum absolute atomic E-state index is 12.1. The van der Waals surface area contributed by atoms with Gasteiger partial charge >= 0.3 is 11.7 Å². The van der Waals surface area contributed by atoms with Crippen molar-refractivity contribution in [1.82, 2.24) is 19.5 Å². The normalized spacial score (nSPS) is 11.2. The Morgan fingerprint density at radius 2 is 2.07 bits per heavy atom. The first-order valence-electron chi connectivity index (χ1n) is 8.87. The van der Waals surface area contributed by atoms with Crippen LogP contribution in [-0.4, -0.2) is 32.7 Å². The van der Waals surface area contributed by atoms with E-state index in [4.69, 9.17) is 10.5 Å². The third kappa shape index (κ3) is 2.96. The Morgan fingerprint density at radius 1 is 1.25 bits per heavy atom. The van der Waals surface area contributed by atoms with E-state index in [-0.39, 0.29) is 5.69 Å². The molecule has 0 radical (unpaired) electrons. The zero-order valence-corrected chi connectivity index (χ0v) is 15.5. The standard InChI is InChI=1S/C19H20N6O3/c1-3-6-25-15-9-13-12(8-14(15)24-19(25)27)22-17(23-13)11-5-4-10(21-18(20)26)7-16(11)28-2/h4-5,7-9H,3,6H2,1-2H3,(H,22,23)(H,24,27)(H3,20,21,26). The molecule has 2 amide bonds. The number of fused-ring (bicyclic) bond motifs is 2. The Bertz CT molecular complexity index is 1250. The Hall–Kier alpha value is -3.75. The molecule has 0 aliphatic rings. The number of anilines is 1. The molecule has 9 heteroatoms. The Kier molecular flexibility index (Phi) is 4.26. The molecule has 0 atom stereocenters. The van der Waals surface area contributed by atoms with E-state index in [2.05, 4.69) is 20.3 Å². The third-order valence-corrected chi connectivity index (χ3v) is 4.55. The number of hydrogen-bond acceptors (Lipinski definition) is 4. The number of primary amides is 1. The first kappa shape index (κ1) is 17.7. The van der Waals surface area contributed by atoms with Crippen molar-refractivity contribution < 1.29 is 9.53 Å². The number of carbonyl (C=O) groups is 1. The van der Waals surface area contributed by atoms with Gasteiger partial charge in [-0.3, -0.25) is 4.57 Å². The van der Waals surface area contributed by atoms with Gasteiger partial charge in [0.15, 0.2) is 0 Å². The maximum atomic E-state index is 12.1. The highest BCUT2D eigenvalue weighted by molar-refractivity contribution is 5.93. The maximum Gasteiger partial charge on any atom is 0.326 e. The second-order valence-corrected chi connectivity index (χ2v) is 6.46. The number of ether oxygens (including phenoxy) is 1. The summed E-state index contributed by atoms with van der Waals surface area (Å²) in [5.41, 5.74) is 9.43. The molecular weight excluding hydrogens is 360 g/mol. The molecule has 0 aliphatic heterocycles. The second-order valence-electron chi connectivity index (χ2n) is 6.46. The van der Waals surface area contributed by atoms with Gasteiger partial charge in [0.05, 0.1) is 34.7 Å². The average Bonchev–Trinajstić information content (AvgIpc) is 3.20. The molecule has 0 spiro atoms. The van der Waals surface area contributed by atoms with Crippen molar-refractivity contribution in [3.8, 4) is 17.1 Å². The Balaban J connectivity index is 1.82. The van der Waals surface area contributed by atoms with Crippen LogP contribution in [0.3, 0.4) is 0 Å². The van der Waals surface area contributed by atoms with Gasteiger partial charge in [-0.1, -0.05) is 6.92 Å². The van der Waals surface area contributed by atoms with Crippen molar-refractivity contribution in [2.24, 2.45) is 5.73 Å². The molecule has 0 saturated carbocycles. The number of H-pyrrole nitrogens is 2. The minimum atomic E-state index is -0.647. The van der Waals surface area contributed by atoms with Gasteiger partial charge in [0.1, 0.15) is 11.6 Å². The molecule has 28 heavy (non-hydrogen) atoms. The molecule has 144 valence electrons. The predicted octanol–water partition coefficient (Wildman–Crippen LogP) is 2.78. The minimum Gasteiger partial charge on any atom is -0.496 e. The van der Waals surface area contributed by atoms with E-state index >= 15 is 0 Å². The number of aromatic nitrogens is 4. The lowest BCUT2D eigenvalue weighted by molar-refractivity contribution is 0.259. The number of carbonyl (C=O) groups excluding carboxylic acids is 1. The fraction of sp³-hybridized carbons (Fsp3) is 0.211. The summed E-state index contributed by atoms with van der Waals surface area (Å²) in [6.07, 6.45) is 0.861. The van der Waals surface area contributed by atoms with Crippen molar-refractivity contribution in [3.63, 3.8) is 0 Å². The zero-order valence-electron chi connectivity index (χ0n) is 15.5. The summed E-state index contributed by atoms with van der Waals surface area (Å²) in [7, 11) is 1.54. The van der Waals surface area contributed by atoms with E-state index in [0.29, 0.717) is 23.8 Å². The van der Waals surface area contributed by atoms with E-state index in [1.165, 1.54) is 0 Å². The zero-order chi connectivity index (χ0) is 19.8. The highest BCUT2D eigenvalue weighted by Gasteiger charge is 2.14. The van der Waals surface area contributed by atoms with Gasteiger partial charge in [0.2, 0.25) is 0 Å². The van der Waals surface area contributed by atoms with Crippen molar-refractivity contribution >= 4 is 33.8 Å². The van der Waals surface area contributed by atoms with Gasteiger partial charge < -0.3 is 25.8 Å². The average molecular weight is 380 g/mol. The molecule has 0 saturated heterocycles. The molecular formula is C19H20N6O3. The molecule has 2 aromatic heterocycles. The molecule has 9 nitrogen and oxygen atoms in total. The quantitative estimate of drug-likeness (QED) is 0.424. The van der Waals surface area contributed by atoms with Gasteiger partial charge in [-0.25, -0.2) is 14.6 Å². The van der Waals surface area contributed by atoms with Crippen LogP contribution in [0.25, 0.3) is 33.5 Å². The Morgan fingerprint density at radius 3 is 2.79 bits per heavy atom. The molecule has 4 aromatic rings. The number of methoxy groups -OCH3 is 1. The summed E-state index contributed by atoms with van der Waals surface area (Å²) >= 11 is 0. The molecule has 0 bridgehead atoms. The summed E-state index contributed by atoms with van der Waals surface area (Å²) in [6.45, 7) is 2.67. The SMILES string of the molecule is CCCn1c(=O)[nH]c2cc3[nH]c(-c4ccc(NC(N)=O)cc4OC)nc3cc21. The largest absolute Gasteiger partial charge is 0.496 e. The van der Waals surface area contributed by atoms with Crippen LogP contribution in [0, 0.1) is 0 Å². The summed E-state index contributed by atoms with van der Waals surface area (Å²) in [4.78, 5) is 34.0. The molecule has 2 heterocycles. The van der Waals surface area contributed by atoms with Gasteiger partial charge in [-0.2, -0.15) is 0 Å². The number of hydrogen-bond donors (Lipinski definition) is 4. The topological polar surface area (TPSA) is 131 Å². The number of aryl methyl sites for hydroxylation is 1. The van der Waals surface area contributed by atoms with E-state index in [1.54, 1.807) is 29.9 Å². The number of nitrogens with one attached hydrogen (secondary N) is 3. The summed E-state index contributed by atoms with van der Waals surface area (Å²) in [6, 6.07) is 8.32. The molecule has 0 fully saturated rings. The fourth-order valence-electron chi connectivity index (χ4n) is 3.34. The molecule has 0 aliphatic carbocycles. The number of amides is 2. The molecule has 2 aromatic carbocycles. The fourth-order valence-corrected chi connectivity index (χ4v) is 3.34. The highest BCUT2D eigenvalue weighted by Crippen LogP contribution is 2.32. The number of rotatable bonds is 5. The van der Waals surface area contributed by atoms with Gasteiger partial charge in [0, 0.05) is 18.3 Å². The lowest BCUT2D eigenvalue weighted by Crippen LogP contribution is -2.19. The molecule has 0 unspecified atom stereocenters. The number of benzene rings is 2. The van der Waals surface area contributed by atoms with Crippen LogP contribution in [-0.2, 0) is 6.54 Å². The van der Waals surface area contributed by atoms with E-state index in [1.807, 2.05) is 19.1 Å². The number of imidazole rings is 2. The van der Waals surface area contributed by atoms with Crippen molar-refractivity contribution in [2.45, 2.75) is 19.9 Å². The summed E-state index contributed by atoms with van der Waals surface area (Å²) < 4.78 is 7.16. The smallest absolute Gasteiger partial charge is 0.326 e.